The van der Waals surface area contributed by atoms with Gasteiger partial charge < -0.3 is 9.84 Å². The minimum absolute atomic E-state index is 0.0288. The normalized spacial score (nSPS) is 10.8. The average Bonchev–Trinajstić information content (AvgIpc) is 2.43. The number of carboxylic acids is 1. The first-order chi connectivity index (χ1) is 9.80. The zero-order valence-corrected chi connectivity index (χ0v) is 13.6. The number of hydrogen-bond acceptors (Lipinski definition) is 3. The molecular weight excluding hydrogens is 338 g/mol. The van der Waals surface area contributed by atoms with E-state index in [4.69, 9.17) is 4.74 Å². The molecule has 0 saturated heterocycles. The van der Waals surface area contributed by atoms with Crippen LogP contribution in [0.15, 0.2) is 41.4 Å². The van der Waals surface area contributed by atoms with Crippen molar-refractivity contribution in [3.05, 3.63) is 47.0 Å². The average molecular weight is 356 g/mol. The van der Waals surface area contributed by atoms with Crippen molar-refractivity contribution in [1.82, 2.24) is 4.90 Å². The van der Waals surface area contributed by atoms with Crippen molar-refractivity contribution in [3.8, 4) is 0 Å². The molecule has 0 radical (unpaired) electrons. The third-order valence-corrected chi connectivity index (χ3v) is 3.80. The minimum Gasteiger partial charge on any atom is -0.480 e. The fraction of sp³-hybridized carbons (Fsp3) is 0.333. The molecule has 0 fully saturated rings. The molecule has 5 nitrogen and oxygen atoms in total. The van der Waals surface area contributed by atoms with Crippen molar-refractivity contribution in [2.24, 2.45) is 0 Å². The lowest BCUT2D eigenvalue weighted by atomic mass is 10.0. The topological polar surface area (TPSA) is 66.8 Å². The molecule has 1 aromatic carbocycles. The van der Waals surface area contributed by atoms with Gasteiger partial charge in [-0.1, -0.05) is 46.8 Å². The van der Waals surface area contributed by atoms with E-state index in [9.17, 15) is 14.7 Å². The van der Waals surface area contributed by atoms with Crippen molar-refractivity contribution in [1.29, 1.82) is 0 Å². The molecule has 0 atom stereocenters. The lowest BCUT2D eigenvalue weighted by Gasteiger charge is -2.34. The predicted octanol–water partition coefficient (Wildman–Crippen LogP) is 3.44. The van der Waals surface area contributed by atoms with Crippen molar-refractivity contribution < 1.29 is 19.4 Å². The van der Waals surface area contributed by atoms with Gasteiger partial charge in [0.2, 0.25) is 0 Å². The Morgan fingerprint density at radius 2 is 2.05 bits per heavy atom. The summed E-state index contributed by atoms with van der Waals surface area (Å²) >= 11 is 3.39. The Bertz CT molecular complexity index is 542. The van der Waals surface area contributed by atoms with Crippen LogP contribution in [0.1, 0.15) is 19.4 Å². The molecular formula is C15H18BrNO4. The summed E-state index contributed by atoms with van der Waals surface area (Å²) in [4.78, 5) is 24.8. The number of carbonyl (C=O) groups excluding carboxylic acids is 1. The molecule has 0 spiro atoms. The van der Waals surface area contributed by atoms with E-state index in [0.29, 0.717) is 0 Å². The lowest BCUT2D eigenvalue weighted by molar-refractivity contribution is -0.148. The fourth-order valence-electron chi connectivity index (χ4n) is 1.61. The Morgan fingerprint density at radius 3 is 2.57 bits per heavy atom. The number of aliphatic carboxylic acids is 1. The summed E-state index contributed by atoms with van der Waals surface area (Å²) in [6.07, 6.45) is 0.737. The van der Waals surface area contributed by atoms with Crippen molar-refractivity contribution in [2.75, 3.05) is 6.61 Å². The van der Waals surface area contributed by atoms with Crippen LogP contribution in [-0.2, 0) is 16.1 Å². The molecule has 21 heavy (non-hydrogen) atoms. The second-order valence-electron chi connectivity index (χ2n) is 4.91. The first-order valence-corrected chi connectivity index (χ1v) is 7.12. The molecule has 0 aliphatic rings. The predicted molar refractivity (Wildman–Crippen MR) is 82.9 cm³/mol. The van der Waals surface area contributed by atoms with Crippen LogP contribution in [-0.4, -0.2) is 34.2 Å². The molecule has 1 aromatic rings. The molecule has 1 N–H and O–H groups in total. The highest BCUT2D eigenvalue weighted by atomic mass is 79.9. The largest absolute Gasteiger partial charge is 0.480 e. The monoisotopic (exact) mass is 355 g/mol. The van der Waals surface area contributed by atoms with Gasteiger partial charge in [0, 0.05) is 4.47 Å². The number of rotatable bonds is 6. The first-order valence-electron chi connectivity index (χ1n) is 6.32. The highest BCUT2D eigenvalue weighted by Crippen LogP contribution is 2.24. The van der Waals surface area contributed by atoms with Gasteiger partial charge in [-0.05, 0) is 25.5 Å². The molecule has 0 aliphatic carbocycles. The zero-order valence-electron chi connectivity index (χ0n) is 12.0. The van der Waals surface area contributed by atoms with E-state index >= 15 is 0 Å². The number of carboxylic acid groups (broad SMARTS) is 1. The Hall–Kier alpha value is -1.82. The van der Waals surface area contributed by atoms with Gasteiger partial charge in [-0.15, -0.1) is 0 Å². The summed E-state index contributed by atoms with van der Waals surface area (Å²) in [5.41, 5.74) is -0.601. The molecule has 0 aromatic heterocycles. The van der Waals surface area contributed by atoms with E-state index in [1.54, 1.807) is 0 Å². The van der Waals surface area contributed by atoms with Gasteiger partial charge in [0.1, 0.15) is 12.1 Å². The Morgan fingerprint density at radius 1 is 1.43 bits per heavy atom. The highest BCUT2D eigenvalue weighted by Gasteiger charge is 2.39. The molecule has 1 amide bonds. The quantitative estimate of drug-likeness (QED) is 0.793. The van der Waals surface area contributed by atoms with Crippen molar-refractivity contribution >= 4 is 28.0 Å². The van der Waals surface area contributed by atoms with Crippen LogP contribution in [0.2, 0.25) is 0 Å². The summed E-state index contributed by atoms with van der Waals surface area (Å²) in [7, 11) is 0. The molecule has 0 aliphatic heterocycles. The number of nitrogens with zero attached hydrogens (tertiary/aromatic N) is 1. The van der Waals surface area contributed by atoms with Crippen LogP contribution < -0.4 is 0 Å². The van der Waals surface area contributed by atoms with Crippen LogP contribution in [0.5, 0.6) is 0 Å². The van der Waals surface area contributed by atoms with E-state index in [-0.39, 0.29) is 13.2 Å². The Balaban J connectivity index is 3.08. The molecule has 0 saturated carbocycles. The number of halogens is 1. The first kappa shape index (κ1) is 17.2. The van der Waals surface area contributed by atoms with Crippen LogP contribution in [0.3, 0.4) is 0 Å². The second kappa shape index (κ2) is 7.26. The standard InChI is InChI=1S/C15H18BrNO4/c1-4-9-21-14(20)17(15(2,3)13(18)19)10-11-7-5-6-8-12(11)16/h4-8H,1,9-10H2,2-3H3,(H,18,19). The number of carbonyl (C=O) groups is 2. The molecule has 0 heterocycles. The van der Waals surface area contributed by atoms with Gasteiger partial charge in [0.25, 0.3) is 0 Å². The second-order valence-corrected chi connectivity index (χ2v) is 5.76. The molecule has 0 bridgehead atoms. The third kappa shape index (κ3) is 4.32. The molecule has 1 rings (SSSR count). The maximum absolute atomic E-state index is 12.1. The molecule has 0 unspecified atom stereocenters. The minimum atomic E-state index is -1.40. The summed E-state index contributed by atoms with van der Waals surface area (Å²) in [5, 5.41) is 9.35. The Kier molecular flexibility index (Phi) is 5.96. The van der Waals surface area contributed by atoms with Crippen LogP contribution in [0, 0.1) is 0 Å². The maximum atomic E-state index is 12.1. The maximum Gasteiger partial charge on any atom is 0.411 e. The van der Waals surface area contributed by atoms with E-state index in [0.717, 1.165) is 10.0 Å². The molecule has 6 heteroatoms. The summed E-state index contributed by atoms with van der Waals surface area (Å²) in [6, 6.07) is 7.31. The van der Waals surface area contributed by atoms with Crippen LogP contribution >= 0.6 is 15.9 Å². The van der Waals surface area contributed by atoms with Gasteiger partial charge in [0.05, 0.1) is 6.54 Å². The van der Waals surface area contributed by atoms with E-state index in [1.165, 1.54) is 24.8 Å². The van der Waals surface area contributed by atoms with Crippen LogP contribution in [0.25, 0.3) is 0 Å². The number of amides is 1. The Labute approximate surface area is 132 Å². The highest BCUT2D eigenvalue weighted by molar-refractivity contribution is 9.10. The van der Waals surface area contributed by atoms with E-state index in [2.05, 4.69) is 22.5 Å². The van der Waals surface area contributed by atoms with Gasteiger partial charge >= 0.3 is 12.1 Å². The van der Waals surface area contributed by atoms with Crippen molar-refractivity contribution in [2.45, 2.75) is 25.9 Å². The fourth-order valence-corrected chi connectivity index (χ4v) is 2.02. The van der Waals surface area contributed by atoms with E-state index in [1.807, 2.05) is 24.3 Å². The SMILES string of the molecule is C=CCOC(=O)N(Cc1ccccc1Br)C(C)(C)C(=O)O. The van der Waals surface area contributed by atoms with Gasteiger partial charge in [0.15, 0.2) is 0 Å². The third-order valence-electron chi connectivity index (χ3n) is 3.03. The molecule has 114 valence electrons. The smallest absolute Gasteiger partial charge is 0.411 e. The summed E-state index contributed by atoms with van der Waals surface area (Å²) < 4.78 is 5.79. The number of hydrogen-bond donors (Lipinski definition) is 1. The summed E-state index contributed by atoms with van der Waals surface area (Å²) in [5.74, 6) is -1.11. The van der Waals surface area contributed by atoms with Gasteiger partial charge in [-0.2, -0.15) is 0 Å². The van der Waals surface area contributed by atoms with Gasteiger partial charge in [-0.25, -0.2) is 9.59 Å². The summed E-state index contributed by atoms with van der Waals surface area (Å²) in [6.45, 7) is 6.54. The van der Waals surface area contributed by atoms with E-state index < -0.39 is 17.6 Å². The zero-order chi connectivity index (χ0) is 16.0. The van der Waals surface area contributed by atoms with Crippen molar-refractivity contribution in [3.63, 3.8) is 0 Å². The van der Waals surface area contributed by atoms with Crippen LogP contribution in [0.4, 0.5) is 4.79 Å². The number of ether oxygens (including phenoxy) is 1. The lowest BCUT2D eigenvalue weighted by Crippen LogP contribution is -2.52. The number of benzene rings is 1. The van der Waals surface area contributed by atoms with Gasteiger partial charge in [-0.3, -0.25) is 4.90 Å².